The number of carbonyl (C=O) groups excluding carboxylic acids is 4. The summed E-state index contributed by atoms with van der Waals surface area (Å²) in [5.41, 5.74) is 0.235. The van der Waals surface area contributed by atoms with Crippen molar-refractivity contribution in [2.45, 2.75) is 48.6 Å². The van der Waals surface area contributed by atoms with Gasteiger partial charge in [0.15, 0.2) is 11.5 Å². The Kier molecular flexibility index (Phi) is 7.80. The van der Waals surface area contributed by atoms with Gasteiger partial charge in [-0.1, -0.05) is 30.3 Å². The van der Waals surface area contributed by atoms with Crippen LogP contribution in [0.25, 0.3) is 0 Å². The molecule has 0 radical (unpaired) electrons. The third-order valence-corrected chi connectivity index (χ3v) is 8.81. The average molecular weight is 609 g/mol. The highest BCUT2D eigenvalue weighted by molar-refractivity contribution is 8.01. The molecular weight excluding hydrogens is 580 g/mol. The first kappa shape index (κ1) is 29.5. The van der Waals surface area contributed by atoms with Crippen LogP contribution < -0.4 is 10.6 Å². The van der Waals surface area contributed by atoms with Gasteiger partial charge in [0, 0.05) is 10.3 Å². The van der Waals surface area contributed by atoms with Gasteiger partial charge in [0.25, 0.3) is 5.91 Å². The first-order valence-corrected chi connectivity index (χ1v) is 14.0. The minimum atomic E-state index is -1.36. The molecule has 2 aliphatic rings. The number of β-lactam (4-membered cyclic amide) rings is 1. The summed E-state index contributed by atoms with van der Waals surface area (Å²) in [6, 6.07) is 10.2. The number of urea groups is 1. The molecule has 4 atom stereocenters. The molecule has 13 nitrogen and oxygen atoms in total. The van der Waals surface area contributed by atoms with Gasteiger partial charge in [-0.25, -0.2) is 9.59 Å². The number of carboxylic acid groups (broad SMARTS) is 1. The monoisotopic (exact) mass is 608 g/mol. The van der Waals surface area contributed by atoms with Crippen LogP contribution in [0.3, 0.4) is 0 Å². The second-order valence-corrected chi connectivity index (χ2v) is 12.3. The number of aromatic hydroxyl groups is 2. The van der Waals surface area contributed by atoms with Crippen LogP contribution in [0.15, 0.2) is 71.3 Å². The number of imide groups is 1. The zero-order chi connectivity index (χ0) is 31.1. The lowest BCUT2D eigenvalue weighted by Gasteiger charge is -2.44. The standard InChI is InChI=1S/C29H28N4O9S/c1-29(2)22(27(39)40)33-25(38)21(26(33)43-29)30-23(36)20(15-7-4-3-5-8-15)31-28(41)32(14-17-9-6-12-42-17)24(37)16-10-11-18(34)19(35)13-16/h3-13,20-22,26,34-35H,14H2,1-2H3,(H,30,36)(H,31,41)(H,39,40)/t20?,21-,22+,26-/m1/s1. The van der Waals surface area contributed by atoms with Crippen LogP contribution >= 0.6 is 11.8 Å². The SMILES string of the molecule is CC1(C)S[C@@H]2[C@H](NC(=O)C(NC(=O)N(Cc3ccco3)C(=O)c3ccc(O)c(O)c3)c3ccccc3)C(=O)N2[C@H]1C(=O)O. The molecule has 43 heavy (non-hydrogen) atoms. The lowest BCUT2D eigenvalue weighted by atomic mass is 9.95. The van der Waals surface area contributed by atoms with Crippen molar-refractivity contribution in [1.29, 1.82) is 0 Å². The number of carbonyl (C=O) groups is 5. The summed E-state index contributed by atoms with van der Waals surface area (Å²) in [4.78, 5) is 67.6. The number of nitrogens with zero attached hydrogens (tertiary/aromatic N) is 2. The molecule has 5 rings (SSSR count). The Labute approximate surface area is 249 Å². The fourth-order valence-corrected chi connectivity index (χ4v) is 6.76. The number of fused-ring (bicyclic) bond motifs is 1. The molecule has 2 aromatic carbocycles. The Balaban J connectivity index is 1.40. The maximum absolute atomic E-state index is 13.7. The van der Waals surface area contributed by atoms with Gasteiger partial charge in [-0.05, 0) is 49.7 Å². The van der Waals surface area contributed by atoms with Crippen molar-refractivity contribution in [2.75, 3.05) is 0 Å². The van der Waals surface area contributed by atoms with Crippen molar-refractivity contribution >= 4 is 41.5 Å². The molecule has 0 saturated carbocycles. The highest BCUT2D eigenvalue weighted by Gasteiger charge is 2.64. The van der Waals surface area contributed by atoms with Gasteiger partial charge in [-0.3, -0.25) is 19.3 Å². The number of amides is 5. The maximum atomic E-state index is 13.7. The number of hydrogen-bond donors (Lipinski definition) is 5. The highest BCUT2D eigenvalue weighted by Crippen LogP contribution is 2.50. The van der Waals surface area contributed by atoms with E-state index in [-0.39, 0.29) is 17.9 Å². The van der Waals surface area contributed by atoms with Crippen molar-refractivity contribution in [3.8, 4) is 11.5 Å². The van der Waals surface area contributed by atoms with Gasteiger partial charge in [0.2, 0.25) is 11.8 Å². The van der Waals surface area contributed by atoms with Crippen LogP contribution in [0.5, 0.6) is 11.5 Å². The van der Waals surface area contributed by atoms with Crippen LogP contribution in [-0.2, 0) is 20.9 Å². The normalized spacial score (nSPS) is 20.8. The second-order valence-electron chi connectivity index (χ2n) is 10.6. The van der Waals surface area contributed by atoms with E-state index in [9.17, 15) is 39.3 Å². The fraction of sp³-hybridized carbons (Fsp3) is 0.276. The summed E-state index contributed by atoms with van der Waals surface area (Å²) < 4.78 is 4.52. The molecule has 1 aromatic heterocycles. The summed E-state index contributed by atoms with van der Waals surface area (Å²) in [6.45, 7) is 3.10. The van der Waals surface area contributed by atoms with Gasteiger partial charge in [-0.2, -0.15) is 0 Å². The van der Waals surface area contributed by atoms with Crippen LogP contribution in [0.4, 0.5) is 4.79 Å². The Hall–Kier alpha value is -4.98. The van der Waals surface area contributed by atoms with Crippen molar-refractivity contribution in [1.82, 2.24) is 20.4 Å². The molecule has 14 heteroatoms. The van der Waals surface area contributed by atoms with Gasteiger partial charge in [0.05, 0.1) is 12.8 Å². The molecule has 3 aromatic rings. The maximum Gasteiger partial charge on any atom is 0.327 e. The number of benzene rings is 2. The molecule has 0 bridgehead atoms. The summed E-state index contributed by atoms with van der Waals surface area (Å²) in [6.07, 6.45) is 1.36. The Morgan fingerprint density at radius 3 is 2.40 bits per heavy atom. The van der Waals surface area contributed by atoms with Crippen LogP contribution in [0, 0.1) is 0 Å². The average Bonchev–Trinajstić information content (AvgIpc) is 3.58. The smallest absolute Gasteiger partial charge is 0.327 e. The molecule has 0 spiro atoms. The molecule has 3 heterocycles. The lowest BCUT2D eigenvalue weighted by molar-refractivity contribution is -0.161. The van der Waals surface area contributed by atoms with Crippen molar-refractivity contribution in [3.63, 3.8) is 0 Å². The Morgan fingerprint density at radius 2 is 1.77 bits per heavy atom. The quantitative estimate of drug-likeness (QED) is 0.188. The molecule has 2 aliphatic heterocycles. The number of aliphatic carboxylic acids is 1. The number of phenols is 2. The number of hydrogen-bond acceptors (Lipinski definition) is 9. The van der Waals surface area contributed by atoms with E-state index in [1.54, 1.807) is 56.3 Å². The van der Waals surface area contributed by atoms with E-state index in [0.717, 1.165) is 17.0 Å². The summed E-state index contributed by atoms with van der Waals surface area (Å²) in [5.74, 6) is -4.07. The molecule has 224 valence electrons. The Bertz CT molecular complexity index is 1580. The van der Waals surface area contributed by atoms with Crippen molar-refractivity contribution < 1.29 is 43.7 Å². The second kappa shape index (κ2) is 11.4. The highest BCUT2D eigenvalue weighted by atomic mass is 32.2. The van der Waals surface area contributed by atoms with Gasteiger partial charge >= 0.3 is 12.0 Å². The number of thioether (sulfide) groups is 1. The fourth-order valence-electron chi connectivity index (χ4n) is 5.14. The number of carboxylic acids is 1. The van der Waals surface area contributed by atoms with E-state index in [1.165, 1.54) is 29.0 Å². The lowest BCUT2D eigenvalue weighted by Crippen LogP contribution is -2.71. The first-order valence-electron chi connectivity index (χ1n) is 13.1. The zero-order valence-corrected chi connectivity index (χ0v) is 23.8. The minimum Gasteiger partial charge on any atom is -0.504 e. The van der Waals surface area contributed by atoms with Gasteiger partial charge in [0.1, 0.15) is 29.3 Å². The van der Waals surface area contributed by atoms with Gasteiger partial charge in [-0.15, -0.1) is 11.8 Å². The predicted molar refractivity (Wildman–Crippen MR) is 152 cm³/mol. The van der Waals surface area contributed by atoms with Crippen molar-refractivity contribution in [3.05, 3.63) is 83.8 Å². The minimum absolute atomic E-state index is 0.119. The molecular formula is C29H28N4O9S. The van der Waals surface area contributed by atoms with E-state index in [4.69, 9.17) is 4.42 Å². The molecule has 5 amide bonds. The van der Waals surface area contributed by atoms with Crippen LogP contribution in [0.2, 0.25) is 0 Å². The van der Waals surface area contributed by atoms with E-state index in [2.05, 4.69) is 10.6 Å². The first-order chi connectivity index (χ1) is 20.4. The molecule has 1 unspecified atom stereocenters. The van der Waals surface area contributed by atoms with E-state index >= 15 is 0 Å². The van der Waals surface area contributed by atoms with E-state index in [0.29, 0.717) is 5.56 Å². The summed E-state index contributed by atoms with van der Waals surface area (Å²) in [7, 11) is 0. The predicted octanol–water partition coefficient (Wildman–Crippen LogP) is 2.42. The zero-order valence-electron chi connectivity index (χ0n) is 23.0. The molecule has 5 N–H and O–H groups in total. The molecule has 0 aliphatic carbocycles. The van der Waals surface area contributed by atoms with Crippen LogP contribution in [0.1, 0.15) is 41.6 Å². The van der Waals surface area contributed by atoms with Crippen LogP contribution in [-0.4, -0.2) is 77.0 Å². The van der Waals surface area contributed by atoms with E-state index < -0.39 is 69.5 Å². The summed E-state index contributed by atoms with van der Waals surface area (Å²) >= 11 is 1.26. The largest absolute Gasteiger partial charge is 0.504 e. The molecule has 2 saturated heterocycles. The molecule has 2 fully saturated rings. The Morgan fingerprint density at radius 1 is 1.05 bits per heavy atom. The van der Waals surface area contributed by atoms with Crippen molar-refractivity contribution in [2.24, 2.45) is 0 Å². The van der Waals surface area contributed by atoms with E-state index in [1.807, 2.05) is 0 Å². The topological polar surface area (TPSA) is 190 Å². The van der Waals surface area contributed by atoms with Gasteiger partial charge < -0.3 is 35.3 Å². The third kappa shape index (κ3) is 5.60. The number of phenolic OH excluding ortho intramolecular Hbond substituents is 2. The number of nitrogens with one attached hydrogen (secondary N) is 2. The summed E-state index contributed by atoms with van der Waals surface area (Å²) in [5, 5.41) is 33.9. The number of rotatable bonds is 8. The third-order valence-electron chi connectivity index (χ3n) is 7.24. The number of furan rings is 1.